The summed E-state index contributed by atoms with van der Waals surface area (Å²) in [6.07, 6.45) is -0.133. The predicted octanol–water partition coefficient (Wildman–Crippen LogP) is 1.77. The van der Waals surface area contributed by atoms with Crippen LogP contribution in [0.3, 0.4) is 0 Å². The van der Waals surface area contributed by atoms with Gasteiger partial charge in [0, 0.05) is 5.56 Å². The van der Waals surface area contributed by atoms with Crippen LogP contribution in [0.15, 0.2) is 12.1 Å². The Morgan fingerprint density at radius 2 is 2.14 bits per heavy atom. The second-order valence-corrected chi connectivity index (χ2v) is 2.55. The molecule has 0 aliphatic rings. The normalized spacial score (nSPS) is 8.86. The molecule has 0 radical (unpaired) electrons. The van der Waals surface area contributed by atoms with Crippen LogP contribution >= 0.6 is 0 Å². The zero-order chi connectivity index (χ0) is 10.6. The predicted molar refractivity (Wildman–Crippen MR) is 47.0 cm³/mol. The first-order valence-corrected chi connectivity index (χ1v) is 3.87. The van der Waals surface area contributed by atoms with E-state index in [0.717, 1.165) is 0 Å². The first-order chi connectivity index (χ1) is 6.74. The molecule has 14 heavy (non-hydrogen) atoms. The van der Waals surface area contributed by atoms with E-state index >= 15 is 0 Å². The van der Waals surface area contributed by atoms with Gasteiger partial charge in [-0.15, -0.1) is 0 Å². The van der Waals surface area contributed by atoms with Crippen molar-refractivity contribution in [3.05, 3.63) is 29.1 Å². The first kappa shape index (κ1) is 10.0. The summed E-state index contributed by atoms with van der Waals surface area (Å²) in [5.41, 5.74) is 0.263. The molecule has 0 bridgehead atoms. The number of hydrogen-bond acceptors (Lipinski definition) is 3. The maximum Gasteiger partial charge on any atom is 0.170 e. The summed E-state index contributed by atoms with van der Waals surface area (Å²) in [6, 6.07) is 6.44. The molecule has 0 fully saturated rings. The van der Waals surface area contributed by atoms with Crippen LogP contribution in [0.1, 0.15) is 11.1 Å². The highest BCUT2D eigenvalue weighted by atomic mass is 19.1. The summed E-state index contributed by atoms with van der Waals surface area (Å²) in [5.74, 6) is -0.581. The van der Waals surface area contributed by atoms with Gasteiger partial charge >= 0.3 is 0 Å². The van der Waals surface area contributed by atoms with Gasteiger partial charge < -0.3 is 4.74 Å². The number of ether oxygens (including phenoxy) is 1. The molecule has 0 saturated heterocycles. The van der Waals surface area contributed by atoms with Crippen molar-refractivity contribution in [2.45, 2.75) is 6.42 Å². The Balaban J connectivity index is 3.34. The smallest absolute Gasteiger partial charge is 0.170 e. The molecule has 3 nitrogen and oxygen atoms in total. The fourth-order valence-corrected chi connectivity index (χ4v) is 1.11. The van der Waals surface area contributed by atoms with Crippen LogP contribution in [0.5, 0.6) is 5.75 Å². The highest BCUT2D eigenvalue weighted by Crippen LogP contribution is 2.23. The quantitative estimate of drug-likeness (QED) is 0.714. The van der Waals surface area contributed by atoms with Gasteiger partial charge in [0.05, 0.1) is 31.2 Å². The molecule has 1 aromatic rings. The zero-order valence-electron chi connectivity index (χ0n) is 7.54. The van der Waals surface area contributed by atoms with Crippen LogP contribution in [0.2, 0.25) is 0 Å². The number of hydrogen-bond donors (Lipinski definition) is 0. The molecule has 0 amide bonds. The maximum absolute atomic E-state index is 13.5. The van der Waals surface area contributed by atoms with E-state index < -0.39 is 5.82 Å². The Labute approximate surface area is 81.0 Å². The Morgan fingerprint density at radius 1 is 1.43 bits per heavy atom. The molecular weight excluding hydrogens is 183 g/mol. The second kappa shape index (κ2) is 4.25. The standard InChI is InChI=1S/C10H7FN2O/c1-14-9-3-2-7(6-13)8(4-5-12)10(9)11/h2-3H,4H2,1H3. The molecule has 0 atom stereocenters. The molecule has 0 spiro atoms. The fourth-order valence-electron chi connectivity index (χ4n) is 1.11. The third kappa shape index (κ3) is 1.65. The number of nitrogens with zero attached hydrogens (tertiary/aromatic N) is 2. The Morgan fingerprint density at radius 3 is 2.64 bits per heavy atom. The highest BCUT2D eigenvalue weighted by Gasteiger charge is 2.13. The molecule has 0 saturated carbocycles. The van der Waals surface area contributed by atoms with Crippen molar-refractivity contribution in [2.75, 3.05) is 7.11 Å². The van der Waals surface area contributed by atoms with Crippen LogP contribution in [-0.2, 0) is 6.42 Å². The molecule has 0 N–H and O–H groups in total. The minimum absolute atomic E-state index is 0.0502. The van der Waals surface area contributed by atoms with Crippen molar-refractivity contribution < 1.29 is 9.13 Å². The van der Waals surface area contributed by atoms with Crippen LogP contribution < -0.4 is 4.74 Å². The second-order valence-electron chi connectivity index (χ2n) is 2.55. The van der Waals surface area contributed by atoms with Gasteiger partial charge in [0.15, 0.2) is 11.6 Å². The van der Waals surface area contributed by atoms with Crippen molar-refractivity contribution in [3.8, 4) is 17.9 Å². The van der Waals surface area contributed by atoms with Gasteiger partial charge in [0.25, 0.3) is 0 Å². The summed E-state index contributed by atoms with van der Waals surface area (Å²) >= 11 is 0. The number of rotatable bonds is 2. The third-order valence-corrected chi connectivity index (χ3v) is 1.80. The molecular formula is C10H7FN2O. The molecule has 4 heteroatoms. The topological polar surface area (TPSA) is 56.8 Å². The van der Waals surface area contributed by atoms with E-state index in [0.29, 0.717) is 0 Å². The van der Waals surface area contributed by atoms with Crippen LogP contribution in [0.4, 0.5) is 4.39 Å². The number of nitriles is 2. The SMILES string of the molecule is COc1ccc(C#N)c(CC#N)c1F. The maximum atomic E-state index is 13.5. The summed E-state index contributed by atoms with van der Waals surface area (Å²) in [5, 5.41) is 17.1. The lowest BCUT2D eigenvalue weighted by Crippen LogP contribution is -1.97. The van der Waals surface area contributed by atoms with Crippen molar-refractivity contribution in [2.24, 2.45) is 0 Å². The summed E-state index contributed by atoms with van der Waals surface area (Å²) < 4.78 is 18.2. The number of benzene rings is 1. The van der Waals surface area contributed by atoms with Crippen molar-refractivity contribution in [3.63, 3.8) is 0 Å². The average Bonchev–Trinajstić information content (AvgIpc) is 2.21. The van der Waals surface area contributed by atoms with Gasteiger partial charge in [0.2, 0.25) is 0 Å². The molecule has 0 unspecified atom stereocenters. The Bertz CT molecular complexity index is 429. The largest absolute Gasteiger partial charge is 0.494 e. The Kier molecular flexibility index (Phi) is 3.04. The fraction of sp³-hybridized carbons (Fsp3) is 0.200. The average molecular weight is 190 g/mol. The van der Waals surface area contributed by atoms with Gasteiger partial charge in [-0.05, 0) is 12.1 Å². The molecule has 1 aromatic carbocycles. The van der Waals surface area contributed by atoms with E-state index in [1.165, 1.54) is 19.2 Å². The summed E-state index contributed by atoms with van der Waals surface area (Å²) in [6.45, 7) is 0. The highest BCUT2D eigenvalue weighted by molar-refractivity contribution is 5.45. The van der Waals surface area contributed by atoms with Gasteiger partial charge in [-0.1, -0.05) is 0 Å². The lowest BCUT2D eigenvalue weighted by molar-refractivity contribution is 0.384. The third-order valence-electron chi connectivity index (χ3n) is 1.80. The lowest BCUT2D eigenvalue weighted by Gasteiger charge is -2.05. The van der Waals surface area contributed by atoms with E-state index in [1.54, 1.807) is 6.07 Å². The van der Waals surface area contributed by atoms with Gasteiger partial charge in [-0.25, -0.2) is 4.39 Å². The molecule has 0 heterocycles. The van der Waals surface area contributed by atoms with E-state index in [1.807, 2.05) is 6.07 Å². The lowest BCUT2D eigenvalue weighted by atomic mass is 10.0. The minimum atomic E-state index is -0.631. The molecule has 0 aliphatic heterocycles. The van der Waals surface area contributed by atoms with E-state index in [2.05, 4.69) is 0 Å². The van der Waals surface area contributed by atoms with E-state index in [4.69, 9.17) is 15.3 Å². The molecule has 1 rings (SSSR count). The monoisotopic (exact) mass is 190 g/mol. The van der Waals surface area contributed by atoms with E-state index in [9.17, 15) is 4.39 Å². The minimum Gasteiger partial charge on any atom is -0.494 e. The molecule has 0 aliphatic carbocycles. The van der Waals surface area contributed by atoms with Crippen LogP contribution in [0.25, 0.3) is 0 Å². The van der Waals surface area contributed by atoms with Gasteiger partial charge in [-0.2, -0.15) is 10.5 Å². The van der Waals surface area contributed by atoms with Crippen molar-refractivity contribution >= 4 is 0 Å². The number of halogens is 1. The van der Waals surface area contributed by atoms with Gasteiger partial charge in [-0.3, -0.25) is 0 Å². The van der Waals surface area contributed by atoms with Crippen molar-refractivity contribution in [1.29, 1.82) is 10.5 Å². The first-order valence-electron chi connectivity index (χ1n) is 3.87. The molecule has 0 aromatic heterocycles. The van der Waals surface area contributed by atoms with Gasteiger partial charge in [0.1, 0.15) is 0 Å². The number of methoxy groups -OCH3 is 1. The Hall–Kier alpha value is -2.07. The van der Waals surface area contributed by atoms with E-state index in [-0.39, 0.29) is 23.3 Å². The summed E-state index contributed by atoms with van der Waals surface area (Å²) in [4.78, 5) is 0. The molecule has 70 valence electrons. The van der Waals surface area contributed by atoms with Crippen LogP contribution in [-0.4, -0.2) is 7.11 Å². The summed E-state index contributed by atoms with van der Waals surface area (Å²) in [7, 11) is 1.33. The zero-order valence-corrected chi connectivity index (χ0v) is 7.54. The van der Waals surface area contributed by atoms with Crippen LogP contribution in [0, 0.1) is 28.5 Å². The van der Waals surface area contributed by atoms with Crippen molar-refractivity contribution in [1.82, 2.24) is 0 Å².